The van der Waals surface area contributed by atoms with E-state index in [1.54, 1.807) is 11.8 Å². The van der Waals surface area contributed by atoms with Gasteiger partial charge in [-0.3, -0.25) is 0 Å². The fraction of sp³-hybridized carbons (Fsp3) is 0.500. The summed E-state index contributed by atoms with van der Waals surface area (Å²) in [5.74, 6) is 0.932. The van der Waals surface area contributed by atoms with Gasteiger partial charge in [0.1, 0.15) is 0 Å². The molecule has 1 aromatic rings. The molecule has 0 aromatic heterocycles. The number of nitriles is 1. The van der Waals surface area contributed by atoms with Gasteiger partial charge in [-0.15, -0.1) is 11.8 Å². The summed E-state index contributed by atoms with van der Waals surface area (Å²) in [6.45, 7) is 8.72. The fourth-order valence-corrected chi connectivity index (χ4v) is 2.89. The third kappa shape index (κ3) is 2.59. The van der Waals surface area contributed by atoms with Crippen LogP contribution in [-0.4, -0.2) is 6.26 Å². The zero-order valence-electron chi connectivity index (χ0n) is 10.7. The van der Waals surface area contributed by atoms with Crippen molar-refractivity contribution in [2.75, 3.05) is 6.26 Å². The smallest absolute Gasteiger partial charge is 0.0991 e. The molecule has 2 heteroatoms. The van der Waals surface area contributed by atoms with Crippen LogP contribution in [0.3, 0.4) is 0 Å². The maximum Gasteiger partial charge on any atom is 0.0991 e. The van der Waals surface area contributed by atoms with Gasteiger partial charge >= 0.3 is 0 Å². The Hall–Kier alpha value is -0.940. The lowest BCUT2D eigenvalue weighted by Crippen LogP contribution is -2.00. The lowest BCUT2D eigenvalue weighted by Gasteiger charge is -2.18. The number of benzene rings is 1. The highest BCUT2D eigenvalue weighted by atomic mass is 32.2. The van der Waals surface area contributed by atoms with E-state index in [0.29, 0.717) is 11.8 Å². The summed E-state index contributed by atoms with van der Waals surface area (Å²) < 4.78 is 0. The van der Waals surface area contributed by atoms with Crippen molar-refractivity contribution >= 4 is 11.8 Å². The SMILES string of the molecule is CSc1c(C(C)C)cc(C#N)cc1C(C)C. The molecule has 0 aliphatic carbocycles. The summed E-state index contributed by atoms with van der Waals surface area (Å²) >= 11 is 1.79. The van der Waals surface area contributed by atoms with Crippen LogP contribution in [0.2, 0.25) is 0 Å². The minimum Gasteiger partial charge on any atom is -0.192 e. The van der Waals surface area contributed by atoms with Gasteiger partial charge < -0.3 is 0 Å². The normalized spacial score (nSPS) is 10.9. The van der Waals surface area contributed by atoms with Crippen LogP contribution in [0, 0.1) is 11.3 Å². The zero-order valence-corrected chi connectivity index (χ0v) is 11.5. The van der Waals surface area contributed by atoms with Crippen molar-refractivity contribution in [2.45, 2.75) is 44.4 Å². The molecule has 1 nitrogen and oxygen atoms in total. The average molecular weight is 233 g/mol. The van der Waals surface area contributed by atoms with Crippen molar-refractivity contribution in [3.63, 3.8) is 0 Å². The predicted octanol–water partition coefficient (Wildman–Crippen LogP) is 4.53. The van der Waals surface area contributed by atoms with E-state index in [1.807, 2.05) is 12.1 Å². The molecule has 16 heavy (non-hydrogen) atoms. The van der Waals surface area contributed by atoms with Gasteiger partial charge in [-0.2, -0.15) is 5.26 Å². The molecule has 0 bridgehead atoms. The van der Waals surface area contributed by atoms with Crippen molar-refractivity contribution in [3.8, 4) is 6.07 Å². The molecular weight excluding hydrogens is 214 g/mol. The minimum atomic E-state index is 0.466. The number of hydrogen-bond donors (Lipinski definition) is 0. The molecule has 0 saturated heterocycles. The number of rotatable bonds is 3. The average Bonchev–Trinajstić information content (AvgIpc) is 2.26. The van der Waals surface area contributed by atoms with Crippen LogP contribution < -0.4 is 0 Å². The van der Waals surface area contributed by atoms with Crippen LogP contribution in [0.5, 0.6) is 0 Å². The third-order valence-electron chi connectivity index (χ3n) is 2.72. The van der Waals surface area contributed by atoms with E-state index in [-0.39, 0.29) is 0 Å². The second-order valence-corrected chi connectivity index (χ2v) is 5.43. The monoisotopic (exact) mass is 233 g/mol. The zero-order chi connectivity index (χ0) is 12.3. The van der Waals surface area contributed by atoms with Gasteiger partial charge in [-0.1, -0.05) is 27.7 Å². The maximum atomic E-state index is 9.06. The number of thioether (sulfide) groups is 1. The largest absolute Gasteiger partial charge is 0.192 e. The summed E-state index contributed by atoms with van der Waals surface area (Å²) in [6, 6.07) is 6.32. The van der Waals surface area contributed by atoms with Crippen LogP contribution in [0.1, 0.15) is 56.2 Å². The van der Waals surface area contributed by atoms with E-state index in [4.69, 9.17) is 5.26 Å². The summed E-state index contributed by atoms with van der Waals surface area (Å²) in [4.78, 5) is 1.35. The van der Waals surface area contributed by atoms with Crippen LogP contribution >= 0.6 is 11.8 Å². The molecule has 0 spiro atoms. The Bertz CT molecular complexity index is 384. The molecule has 0 aliphatic rings. The number of hydrogen-bond acceptors (Lipinski definition) is 2. The Morgan fingerprint density at radius 1 is 1.06 bits per heavy atom. The lowest BCUT2D eigenvalue weighted by atomic mass is 9.93. The summed E-state index contributed by atoms with van der Waals surface area (Å²) in [6.07, 6.45) is 2.11. The van der Waals surface area contributed by atoms with Gasteiger partial charge in [0, 0.05) is 4.90 Å². The molecule has 1 aromatic carbocycles. The first-order chi connectivity index (χ1) is 7.51. The standard InChI is InChI=1S/C14H19NS/c1-9(2)12-6-11(8-15)7-13(10(3)4)14(12)16-5/h6-7,9-10H,1-5H3. The van der Waals surface area contributed by atoms with E-state index >= 15 is 0 Å². The van der Waals surface area contributed by atoms with Crippen LogP contribution in [0.4, 0.5) is 0 Å². The number of nitrogens with zero attached hydrogens (tertiary/aromatic N) is 1. The van der Waals surface area contributed by atoms with Gasteiger partial charge in [0.25, 0.3) is 0 Å². The lowest BCUT2D eigenvalue weighted by molar-refractivity contribution is 0.793. The molecule has 0 atom stereocenters. The van der Waals surface area contributed by atoms with Gasteiger partial charge in [0.05, 0.1) is 11.6 Å². The first-order valence-electron chi connectivity index (χ1n) is 5.63. The Kier molecular flexibility index (Phi) is 4.44. The Labute approximate surface area is 103 Å². The highest BCUT2D eigenvalue weighted by molar-refractivity contribution is 7.98. The van der Waals surface area contributed by atoms with E-state index in [9.17, 15) is 0 Å². The van der Waals surface area contributed by atoms with Gasteiger partial charge in [0.2, 0.25) is 0 Å². The fourth-order valence-electron chi connectivity index (χ4n) is 1.83. The Balaban J connectivity index is 3.48. The van der Waals surface area contributed by atoms with Gasteiger partial charge in [-0.05, 0) is 41.4 Å². The van der Waals surface area contributed by atoms with Crippen molar-refractivity contribution in [1.82, 2.24) is 0 Å². The quantitative estimate of drug-likeness (QED) is 0.716. The minimum absolute atomic E-state index is 0.466. The molecular formula is C14H19NS. The third-order valence-corrected chi connectivity index (χ3v) is 3.60. The Morgan fingerprint density at radius 3 is 1.75 bits per heavy atom. The first kappa shape index (κ1) is 13.1. The molecule has 0 amide bonds. The van der Waals surface area contributed by atoms with E-state index in [1.165, 1.54) is 16.0 Å². The molecule has 0 saturated carbocycles. The van der Waals surface area contributed by atoms with Crippen molar-refractivity contribution in [2.24, 2.45) is 0 Å². The van der Waals surface area contributed by atoms with Gasteiger partial charge in [-0.25, -0.2) is 0 Å². The Morgan fingerprint density at radius 2 is 1.50 bits per heavy atom. The summed E-state index contributed by atoms with van der Waals surface area (Å²) in [5.41, 5.74) is 3.38. The molecule has 0 unspecified atom stereocenters. The predicted molar refractivity (Wildman–Crippen MR) is 71.1 cm³/mol. The second kappa shape index (κ2) is 5.41. The van der Waals surface area contributed by atoms with Crippen LogP contribution in [0.15, 0.2) is 17.0 Å². The first-order valence-corrected chi connectivity index (χ1v) is 6.85. The van der Waals surface area contributed by atoms with Crippen molar-refractivity contribution in [1.29, 1.82) is 5.26 Å². The van der Waals surface area contributed by atoms with E-state index in [0.717, 1.165) is 5.56 Å². The molecule has 0 aliphatic heterocycles. The van der Waals surface area contributed by atoms with Crippen molar-refractivity contribution < 1.29 is 0 Å². The molecule has 0 heterocycles. The molecule has 0 N–H and O–H groups in total. The maximum absolute atomic E-state index is 9.06. The van der Waals surface area contributed by atoms with E-state index in [2.05, 4.69) is 40.0 Å². The van der Waals surface area contributed by atoms with Crippen LogP contribution in [-0.2, 0) is 0 Å². The molecule has 1 rings (SSSR count). The van der Waals surface area contributed by atoms with Gasteiger partial charge in [0.15, 0.2) is 0 Å². The molecule has 0 radical (unpaired) electrons. The summed E-state index contributed by atoms with van der Waals surface area (Å²) in [5, 5.41) is 9.06. The second-order valence-electron chi connectivity index (χ2n) is 4.61. The summed E-state index contributed by atoms with van der Waals surface area (Å²) in [7, 11) is 0. The highest BCUT2D eigenvalue weighted by Crippen LogP contribution is 2.35. The molecule has 86 valence electrons. The van der Waals surface area contributed by atoms with Crippen molar-refractivity contribution in [3.05, 3.63) is 28.8 Å². The topological polar surface area (TPSA) is 23.8 Å². The highest BCUT2D eigenvalue weighted by Gasteiger charge is 2.14. The van der Waals surface area contributed by atoms with Crippen LogP contribution in [0.25, 0.3) is 0 Å². The molecule has 0 fully saturated rings. The van der Waals surface area contributed by atoms with E-state index < -0.39 is 0 Å².